The summed E-state index contributed by atoms with van der Waals surface area (Å²) >= 11 is 0. The van der Waals surface area contributed by atoms with Crippen LogP contribution in [0.3, 0.4) is 0 Å². The van der Waals surface area contributed by atoms with Gasteiger partial charge in [0.25, 0.3) is 5.56 Å². The molecule has 0 saturated heterocycles. The lowest BCUT2D eigenvalue weighted by Crippen LogP contribution is -2.34. The van der Waals surface area contributed by atoms with Gasteiger partial charge in [0.05, 0.1) is 23.8 Å². The minimum atomic E-state index is -0.514. The average Bonchev–Trinajstić information content (AvgIpc) is 3.11. The highest BCUT2D eigenvalue weighted by atomic mass is 19.1. The number of benzene rings is 2. The lowest BCUT2D eigenvalue weighted by molar-refractivity contribution is -0.127. The first kappa shape index (κ1) is 28.4. The van der Waals surface area contributed by atoms with Gasteiger partial charge in [-0.15, -0.1) is 0 Å². The molecule has 3 aromatic rings. The standard InChI is InChI=1S/C30H34FN7O2/c1-4-10-37(11-5-2)29(39)21-13-25-26(31)14-20(15-27(25)36-28(33)16-21)19-6-7-24-22(12-19)17-35-38(30(24)40)18-23(32)8-9-34-3/h6-9,12-15,17H,4-5,10-11,16,18,32H2,1-3H3,(H2,33,36). The Morgan fingerprint density at radius 2 is 1.93 bits per heavy atom. The predicted octanol–water partition coefficient (Wildman–Crippen LogP) is 4.17. The molecule has 2 heterocycles. The van der Waals surface area contributed by atoms with Gasteiger partial charge in [-0.05, 0) is 60.4 Å². The van der Waals surface area contributed by atoms with Gasteiger partial charge >= 0.3 is 0 Å². The van der Waals surface area contributed by atoms with E-state index in [9.17, 15) is 9.59 Å². The summed E-state index contributed by atoms with van der Waals surface area (Å²) < 4.78 is 16.8. The summed E-state index contributed by atoms with van der Waals surface area (Å²) in [5, 5.41) is 5.31. The molecular formula is C30H34FN7O2. The lowest BCUT2D eigenvalue weighted by Gasteiger charge is -2.22. The third kappa shape index (κ3) is 6.17. The van der Waals surface area contributed by atoms with Crippen LogP contribution in [0.2, 0.25) is 0 Å². The van der Waals surface area contributed by atoms with Crippen LogP contribution in [0.15, 0.2) is 68.7 Å². The van der Waals surface area contributed by atoms with Crippen LogP contribution in [0.1, 0.15) is 38.7 Å². The normalized spacial score (nSPS) is 13.7. The second-order valence-electron chi connectivity index (χ2n) is 9.69. The molecule has 208 valence electrons. The third-order valence-corrected chi connectivity index (χ3v) is 6.57. The number of aliphatic imine (C=N–C) groups is 2. The number of hydrogen-bond donors (Lipinski definition) is 2. The lowest BCUT2D eigenvalue weighted by atomic mass is 9.98. The summed E-state index contributed by atoms with van der Waals surface area (Å²) in [6.07, 6.45) is 8.10. The van der Waals surface area contributed by atoms with Crippen LogP contribution >= 0.6 is 0 Å². The van der Waals surface area contributed by atoms with Crippen molar-refractivity contribution in [3.8, 4) is 11.1 Å². The molecule has 40 heavy (non-hydrogen) atoms. The highest BCUT2D eigenvalue weighted by Gasteiger charge is 2.23. The number of hydrogen-bond acceptors (Lipinski definition) is 7. The summed E-state index contributed by atoms with van der Waals surface area (Å²) in [6, 6.07) is 8.36. The maximum Gasteiger partial charge on any atom is 0.274 e. The number of amidine groups is 1. The molecule has 1 aliphatic rings. The van der Waals surface area contributed by atoms with E-state index in [1.54, 1.807) is 60.8 Å². The summed E-state index contributed by atoms with van der Waals surface area (Å²) in [6.45, 7) is 5.40. The van der Waals surface area contributed by atoms with Crippen molar-refractivity contribution in [3.05, 3.63) is 75.6 Å². The SMILES string of the molecule is CCCN(CCC)C(=O)C1=Cc2c(F)cc(-c3ccc4c(=O)n(CC(N)=CC=NC)ncc4c3)cc2N=C(N)C1. The number of amides is 1. The Kier molecular flexibility index (Phi) is 8.88. The monoisotopic (exact) mass is 543 g/mol. The van der Waals surface area contributed by atoms with E-state index in [0.29, 0.717) is 51.9 Å². The Morgan fingerprint density at radius 3 is 2.62 bits per heavy atom. The Labute approximate surface area is 232 Å². The van der Waals surface area contributed by atoms with Crippen LogP contribution in [0, 0.1) is 5.82 Å². The third-order valence-electron chi connectivity index (χ3n) is 6.57. The highest BCUT2D eigenvalue weighted by Crippen LogP contribution is 2.35. The van der Waals surface area contributed by atoms with Gasteiger partial charge in [0, 0.05) is 55.0 Å². The average molecular weight is 544 g/mol. The fourth-order valence-electron chi connectivity index (χ4n) is 4.69. The van der Waals surface area contributed by atoms with Gasteiger partial charge in [-0.1, -0.05) is 19.9 Å². The second kappa shape index (κ2) is 12.5. The Morgan fingerprint density at radius 1 is 1.18 bits per heavy atom. The zero-order valence-corrected chi connectivity index (χ0v) is 23.0. The van der Waals surface area contributed by atoms with Crippen molar-refractivity contribution >= 4 is 40.5 Å². The van der Waals surface area contributed by atoms with Crippen molar-refractivity contribution in [1.29, 1.82) is 0 Å². The van der Waals surface area contributed by atoms with Crippen LogP contribution in [-0.4, -0.2) is 52.8 Å². The molecule has 0 spiro atoms. The van der Waals surface area contributed by atoms with Gasteiger partial charge in [0.2, 0.25) is 5.91 Å². The van der Waals surface area contributed by atoms with Gasteiger partial charge in [-0.3, -0.25) is 14.6 Å². The van der Waals surface area contributed by atoms with E-state index < -0.39 is 5.82 Å². The summed E-state index contributed by atoms with van der Waals surface area (Å²) in [4.78, 5) is 36.3. The number of halogens is 1. The number of fused-ring (bicyclic) bond motifs is 2. The van der Waals surface area contributed by atoms with E-state index in [0.717, 1.165) is 12.8 Å². The van der Waals surface area contributed by atoms with Gasteiger partial charge in [-0.25, -0.2) is 14.1 Å². The Bertz CT molecular complexity index is 1610. The molecule has 1 amide bonds. The minimum Gasteiger partial charge on any atom is -0.400 e. The molecule has 9 nitrogen and oxygen atoms in total. The summed E-state index contributed by atoms with van der Waals surface area (Å²) in [5.41, 5.74) is 14.5. The van der Waals surface area contributed by atoms with Gasteiger partial charge in [0.1, 0.15) is 11.7 Å². The number of rotatable bonds is 9. The first-order valence-electron chi connectivity index (χ1n) is 13.3. The molecule has 4 N–H and O–H groups in total. The smallest absolute Gasteiger partial charge is 0.274 e. The van der Waals surface area contributed by atoms with Crippen LogP contribution in [0.5, 0.6) is 0 Å². The van der Waals surface area contributed by atoms with Gasteiger partial charge < -0.3 is 16.4 Å². The highest BCUT2D eigenvalue weighted by molar-refractivity contribution is 6.05. The van der Waals surface area contributed by atoms with Crippen molar-refractivity contribution in [2.75, 3.05) is 20.1 Å². The van der Waals surface area contributed by atoms with E-state index in [2.05, 4.69) is 15.1 Å². The fraction of sp³-hybridized carbons (Fsp3) is 0.300. The zero-order valence-electron chi connectivity index (χ0n) is 23.0. The van der Waals surface area contributed by atoms with Crippen LogP contribution in [0.25, 0.3) is 28.0 Å². The maximum absolute atomic E-state index is 15.5. The molecule has 0 fully saturated rings. The van der Waals surface area contributed by atoms with E-state index >= 15 is 4.39 Å². The largest absolute Gasteiger partial charge is 0.400 e. The van der Waals surface area contributed by atoms with Crippen molar-refractivity contribution in [2.24, 2.45) is 21.5 Å². The molecule has 0 radical (unpaired) electrons. The van der Waals surface area contributed by atoms with Crippen molar-refractivity contribution < 1.29 is 9.18 Å². The first-order valence-corrected chi connectivity index (χ1v) is 13.3. The molecule has 0 saturated carbocycles. The first-order chi connectivity index (χ1) is 19.2. The van der Waals surface area contributed by atoms with E-state index in [-0.39, 0.29) is 35.8 Å². The maximum atomic E-state index is 15.5. The molecule has 0 bridgehead atoms. The molecular weight excluding hydrogens is 509 g/mol. The Hall–Kier alpha value is -4.60. The molecule has 10 heteroatoms. The van der Waals surface area contributed by atoms with Crippen molar-refractivity contribution in [1.82, 2.24) is 14.7 Å². The number of carbonyl (C=O) groups excluding carboxylic acids is 1. The van der Waals surface area contributed by atoms with E-state index in [4.69, 9.17) is 11.5 Å². The molecule has 1 aromatic heterocycles. The number of nitrogens with zero attached hydrogens (tertiary/aromatic N) is 5. The predicted molar refractivity (Wildman–Crippen MR) is 159 cm³/mol. The topological polar surface area (TPSA) is 132 Å². The van der Waals surface area contributed by atoms with E-state index in [1.807, 2.05) is 13.8 Å². The molecule has 0 atom stereocenters. The number of allylic oxidation sites excluding steroid dienone is 2. The Balaban J connectivity index is 1.71. The van der Waals surface area contributed by atoms with Gasteiger partial charge in [0.15, 0.2) is 0 Å². The molecule has 0 unspecified atom stereocenters. The number of aromatic nitrogens is 2. The van der Waals surface area contributed by atoms with Crippen LogP contribution in [-0.2, 0) is 11.3 Å². The molecule has 2 aromatic carbocycles. The number of nitrogens with two attached hydrogens (primary N) is 2. The van der Waals surface area contributed by atoms with Crippen LogP contribution < -0.4 is 17.0 Å². The molecule has 1 aliphatic heterocycles. The minimum absolute atomic E-state index is 0.130. The molecule has 0 aliphatic carbocycles. The van der Waals surface area contributed by atoms with Gasteiger partial charge in [-0.2, -0.15) is 5.10 Å². The van der Waals surface area contributed by atoms with E-state index in [1.165, 1.54) is 10.7 Å². The van der Waals surface area contributed by atoms with Crippen LogP contribution in [0.4, 0.5) is 10.1 Å². The molecule has 4 rings (SSSR count). The van der Waals surface area contributed by atoms with Crippen molar-refractivity contribution in [3.63, 3.8) is 0 Å². The summed E-state index contributed by atoms with van der Waals surface area (Å²) in [7, 11) is 1.63. The quantitative estimate of drug-likeness (QED) is 0.391. The van der Waals surface area contributed by atoms with Crippen molar-refractivity contribution in [2.45, 2.75) is 39.7 Å². The number of carbonyl (C=O) groups is 1. The second-order valence-corrected chi connectivity index (χ2v) is 9.69. The summed E-state index contributed by atoms with van der Waals surface area (Å²) in [5.74, 6) is -0.424. The fourth-order valence-corrected chi connectivity index (χ4v) is 4.69. The zero-order chi connectivity index (χ0) is 28.8.